The third-order valence-corrected chi connectivity index (χ3v) is 3.81. The molecule has 0 fully saturated rings. The molecule has 8 nitrogen and oxygen atoms in total. The van der Waals surface area contributed by atoms with Crippen molar-refractivity contribution in [1.82, 2.24) is 10.6 Å². The smallest absolute Gasteiger partial charge is 0.328 e. The predicted octanol–water partition coefficient (Wildman–Crippen LogP) is 1.53. The van der Waals surface area contributed by atoms with Crippen LogP contribution in [0, 0.1) is 5.92 Å². The maximum atomic E-state index is 12.2. The quantitative estimate of drug-likeness (QED) is 0.597. The van der Waals surface area contributed by atoms with Crippen molar-refractivity contribution in [2.45, 2.75) is 32.7 Å². The summed E-state index contributed by atoms with van der Waals surface area (Å²) in [5, 5.41) is 5.31. The first-order valence-corrected chi connectivity index (χ1v) is 8.69. The number of rotatable bonds is 10. The Bertz CT molecular complexity index is 660. The SMILES string of the molecule is COC(=O)C(CC(C)C)NC(=O)CCNC(=O)c1ccc(OC)c(OC)c1. The molecule has 2 amide bonds. The molecule has 0 aliphatic rings. The van der Waals surface area contributed by atoms with Gasteiger partial charge in [0.25, 0.3) is 5.91 Å². The molecule has 0 saturated carbocycles. The Morgan fingerprint density at radius 3 is 2.26 bits per heavy atom. The van der Waals surface area contributed by atoms with Gasteiger partial charge in [-0.3, -0.25) is 9.59 Å². The number of nitrogens with one attached hydrogen (secondary N) is 2. The van der Waals surface area contributed by atoms with Gasteiger partial charge < -0.3 is 24.8 Å². The molecule has 0 aliphatic carbocycles. The molecular formula is C19H28N2O6. The number of hydrogen-bond acceptors (Lipinski definition) is 6. The van der Waals surface area contributed by atoms with E-state index in [-0.39, 0.29) is 30.7 Å². The Labute approximate surface area is 159 Å². The Kier molecular flexibility index (Phi) is 9.12. The summed E-state index contributed by atoms with van der Waals surface area (Å²) in [7, 11) is 4.28. The van der Waals surface area contributed by atoms with Crippen molar-refractivity contribution in [2.75, 3.05) is 27.9 Å². The monoisotopic (exact) mass is 380 g/mol. The van der Waals surface area contributed by atoms with Crippen molar-refractivity contribution in [3.8, 4) is 11.5 Å². The number of carbonyl (C=O) groups is 3. The van der Waals surface area contributed by atoms with Gasteiger partial charge in [0.15, 0.2) is 11.5 Å². The van der Waals surface area contributed by atoms with Crippen molar-refractivity contribution in [1.29, 1.82) is 0 Å². The van der Waals surface area contributed by atoms with Crippen LogP contribution in [0.25, 0.3) is 0 Å². The number of benzene rings is 1. The van der Waals surface area contributed by atoms with E-state index in [0.717, 1.165) is 0 Å². The zero-order chi connectivity index (χ0) is 20.4. The molecule has 0 aliphatic heterocycles. The van der Waals surface area contributed by atoms with Crippen LogP contribution in [0.1, 0.15) is 37.0 Å². The second-order valence-corrected chi connectivity index (χ2v) is 6.35. The third kappa shape index (κ3) is 7.16. The first-order valence-electron chi connectivity index (χ1n) is 8.69. The van der Waals surface area contributed by atoms with Gasteiger partial charge in [-0.15, -0.1) is 0 Å². The van der Waals surface area contributed by atoms with E-state index in [1.807, 2.05) is 13.8 Å². The van der Waals surface area contributed by atoms with E-state index in [9.17, 15) is 14.4 Å². The van der Waals surface area contributed by atoms with Crippen molar-refractivity contribution < 1.29 is 28.6 Å². The van der Waals surface area contributed by atoms with E-state index in [0.29, 0.717) is 23.5 Å². The third-order valence-electron chi connectivity index (χ3n) is 3.81. The van der Waals surface area contributed by atoms with E-state index in [1.165, 1.54) is 21.3 Å². The predicted molar refractivity (Wildman–Crippen MR) is 99.9 cm³/mol. The summed E-state index contributed by atoms with van der Waals surface area (Å²) in [6.45, 7) is 4.03. The molecule has 8 heteroatoms. The summed E-state index contributed by atoms with van der Waals surface area (Å²) in [5.41, 5.74) is 0.389. The summed E-state index contributed by atoms with van der Waals surface area (Å²) >= 11 is 0. The van der Waals surface area contributed by atoms with Gasteiger partial charge in [0.1, 0.15) is 6.04 Å². The number of methoxy groups -OCH3 is 3. The lowest BCUT2D eigenvalue weighted by Gasteiger charge is -2.18. The van der Waals surface area contributed by atoms with Crippen LogP contribution in [0.5, 0.6) is 11.5 Å². The summed E-state index contributed by atoms with van der Waals surface area (Å²) in [6.07, 6.45) is 0.529. The van der Waals surface area contributed by atoms with Crippen molar-refractivity contribution in [2.24, 2.45) is 5.92 Å². The molecule has 0 bridgehead atoms. The van der Waals surface area contributed by atoms with Crippen LogP contribution in [0.2, 0.25) is 0 Å². The molecule has 2 N–H and O–H groups in total. The molecule has 1 aromatic carbocycles. The normalized spacial score (nSPS) is 11.5. The first-order chi connectivity index (χ1) is 12.8. The number of carbonyl (C=O) groups excluding carboxylic acids is 3. The van der Waals surface area contributed by atoms with Crippen LogP contribution in [-0.4, -0.2) is 51.7 Å². The Hall–Kier alpha value is -2.77. The molecule has 0 aromatic heterocycles. The van der Waals surface area contributed by atoms with Crippen LogP contribution < -0.4 is 20.1 Å². The molecule has 0 heterocycles. The number of ether oxygens (including phenoxy) is 3. The van der Waals surface area contributed by atoms with Crippen molar-refractivity contribution >= 4 is 17.8 Å². The highest BCUT2D eigenvalue weighted by Crippen LogP contribution is 2.27. The van der Waals surface area contributed by atoms with Crippen LogP contribution in [-0.2, 0) is 14.3 Å². The molecule has 150 valence electrons. The lowest BCUT2D eigenvalue weighted by molar-refractivity contribution is -0.145. The largest absolute Gasteiger partial charge is 0.493 e. The molecule has 0 radical (unpaired) electrons. The highest BCUT2D eigenvalue weighted by molar-refractivity contribution is 5.95. The lowest BCUT2D eigenvalue weighted by Crippen LogP contribution is -2.43. The Morgan fingerprint density at radius 1 is 1.04 bits per heavy atom. The number of hydrogen-bond donors (Lipinski definition) is 2. The van der Waals surface area contributed by atoms with Crippen molar-refractivity contribution in [3.63, 3.8) is 0 Å². The standard InChI is InChI=1S/C19H28N2O6/c1-12(2)10-14(19(24)27-5)21-17(22)8-9-20-18(23)13-6-7-15(25-3)16(11-13)26-4/h6-7,11-12,14H,8-10H2,1-5H3,(H,20,23)(H,21,22). The van der Waals surface area contributed by atoms with E-state index < -0.39 is 12.0 Å². The van der Waals surface area contributed by atoms with Gasteiger partial charge in [0, 0.05) is 18.5 Å². The average Bonchev–Trinajstić information content (AvgIpc) is 2.65. The lowest BCUT2D eigenvalue weighted by atomic mass is 10.0. The topological polar surface area (TPSA) is 103 Å². The van der Waals surface area contributed by atoms with Crippen LogP contribution in [0.15, 0.2) is 18.2 Å². The van der Waals surface area contributed by atoms with Crippen molar-refractivity contribution in [3.05, 3.63) is 23.8 Å². The fourth-order valence-corrected chi connectivity index (χ4v) is 2.46. The molecule has 27 heavy (non-hydrogen) atoms. The Morgan fingerprint density at radius 2 is 1.70 bits per heavy atom. The van der Waals surface area contributed by atoms with Gasteiger partial charge in [-0.2, -0.15) is 0 Å². The molecule has 1 aromatic rings. The zero-order valence-corrected chi connectivity index (χ0v) is 16.5. The molecular weight excluding hydrogens is 352 g/mol. The minimum absolute atomic E-state index is 0.0462. The summed E-state index contributed by atoms with van der Waals surface area (Å²) in [6, 6.07) is 4.11. The van der Waals surface area contributed by atoms with Gasteiger partial charge in [-0.1, -0.05) is 13.8 Å². The first kappa shape index (κ1) is 22.3. The Balaban J connectivity index is 2.55. The zero-order valence-electron chi connectivity index (χ0n) is 16.5. The second-order valence-electron chi connectivity index (χ2n) is 6.35. The molecule has 0 saturated heterocycles. The molecule has 1 unspecified atom stereocenters. The highest BCUT2D eigenvalue weighted by atomic mass is 16.5. The maximum Gasteiger partial charge on any atom is 0.328 e. The van der Waals surface area contributed by atoms with E-state index in [2.05, 4.69) is 10.6 Å². The van der Waals surface area contributed by atoms with Gasteiger partial charge in [-0.25, -0.2) is 4.79 Å². The maximum absolute atomic E-state index is 12.2. The number of esters is 1. The highest BCUT2D eigenvalue weighted by Gasteiger charge is 2.22. The fraction of sp³-hybridized carbons (Fsp3) is 0.526. The van der Waals surface area contributed by atoms with Gasteiger partial charge in [-0.05, 0) is 30.5 Å². The van der Waals surface area contributed by atoms with E-state index >= 15 is 0 Å². The molecule has 1 rings (SSSR count). The fourth-order valence-electron chi connectivity index (χ4n) is 2.46. The van der Waals surface area contributed by atoms with Crippen LogP contribution in [0.4, 0.5) is 0 Å². The minimum atomic E-state index is -0.691. The summed E-state index contributed by atoms with van der Waals surface area (Å²) in [5.74, 6) is 0.0320. The van der Waals surface area contributed by atoms with Crippen LogP contribution >= 0.6 is 0 Å². The average molecular weight is 380 g/mol. The second kappa shape index (κ2) is 11.1. The molecule has 1 atom stereocenters. The minimum Gasteiger partial charge on any atom is -0.493 e. The molecule has 0 spiro atoms. The summed E-state index contributed by atoms with van der Waals surface area (Å²) < 4.78 is 15.0. The van der Waals surface area contributed by atoms with Gasteiger partial charge in [0.05, 0.1) is 21.3 Å². The van der Waals surface area contributed by atoms with Gasteiger partial charge >= 0.3 is 5.97 Å². The van der Waals surface area contributed by atoms with Gasteiger partial charge in [0.2, 0.25) is 5.91 Å². The number of amides is 2. The van der Waals surface area contributed by atoms with E-state index in [4.69, 9.17) is 14.2 Å². The van der Waals surface area contributed by atoms with Crippen LogP contribution in [0.3, 0.4) is 0 Å². The summed E-state index contributed by atoms with van der Waals surface area (Å²) in [4.78, 5) is 36.0. The van der Waals surface area contributed by atoms with E-state index in [1.54, 1.807) is 18.2 Å².